The number of sulfonamides is 1. The third kappa shape index (κ3) is 8.95. The van der Waals surface area contributed by atoms with Gasteiger partial charge in [0.05, 0.1) is 11.0 Å². The lowest BCUT2D eigenvalue weighted by Gasteiger charge is -2.20. The van der Waals surface area contributed by atoms with Crippen molar-refractivity contribution in [3.05, 3.63) is 101 Å². The number of hydrogen-bond acceptors (Lipinski definition) is 5. The summed E-state index contributed by atoms with van der Waals surface area (Å²) in [5.41, 5.74) is 3.05. The molecule has 0 aliphatic rings. The Morgan fingerprint density at radius 3 is 2.33 bits per heavy atom. The Morgan fingerprint density at radius 2 is 1.68 bits per heavy atom. The molecule has 0 aliphatic carbocycles. The molecule has 3 rings (SSSR count). The third-order valence-electron chi connectivity index (χ3n) is 6.50. The largest absolute Gasteiger partial charge is 0.349 e. The molecule has 3 aromatic rings. The van der Waals surface area contributed by atoms with Gasteiger partial charge in [-0.05, 0) is 78.9 Å². The van der Waals surface area contributed by atoms with Crippen LogP contribution in [0.3, 0.4) is 0 Å². The molecule has 3 aromatic carbocycles. The Hall–Kier alpha value is -3.65. The summed E-state index contributed by atoms with van der Waals surface area (Å²) in [5, 5.41) is 15.0. The van der Waals surface area contributed by atoms with E-state index in [9.17, 15) is 22.0 Å². The van der Waals surface area contributed by atoms with Crippen molar-refractivity contribution in [3.8, 4) is 6.07 Å². The number of benzene rings is 3. The molecule has 0 bridgehead atoms. The summed E-state index contributed by atoms with van der Waals surface area (Å²) >= 11 is 0. The van der Waals surface area contributed by atoms with E-state index in [-0.39, 0.29) is 29.8 Å². The quantitative estimate of drug-likeness (QED) is 0.277. The summed E-state index contributed by atoms with van der Waals surface area (Å²) in [6.45, 7) is 3.34. The molecular weight excluding hydrogens is 534 g/mol. The first kappa shape index (κ1) is 30.9. The highest BCUT2D eigenvalue weighted by atomic mass is 32.2. The summed E-state index contributed by atoms with van der Waals surface area (Å²) in [7, 11) is -2.41. The van der Waals surface area contributed by atoms with Crippen LogP contribution < -0.4 is 10.6 Å². The second-order valence-electron chi connectivity index (χ2n) is 9.55. The average molecular weight is 569 g/mol. The molecule has 0 unspecified atom stereocenters. The average Bonchev–Trinajstić information content (AvgIpc) is 2.93. The molecule has 0 fully saturated rings. The number of carbonyl (C=O) groups is 1. The lowest BCUT2D eigenvalue weighted by Crippen LogP contribution is -2.38. The fourth-order valence-corrected chi connectivity index (χ4v) is 5.43. The molecule has 212 valence electrons. The van der Waals surface area contributed by atoms with Gasteiger partial charge in [-0.2, -0.15) is 9.57 Å². The maximum Gasteiger partial charge on any atom is 0.251 e. The minimum Gasteiger partial charge on any atom is -0.349 e. The lowest BCUT2D eigenvalue weighted by molar-refractivity contribution is 0.0934. The fourth-order valence-electron chi connectivity index (χ4n) is 4.26. The van der Waals surface area contributed by atoms with Gasteiger partial charge in [-0.15, -0.1) is 0 Å². The number of hydrogen-bond donors (Lipinski definition) is 2. The Bertz CT molecular complexity index is 1420. The first-order valence-corrected chi connectivity index (χ1v) is 14.5. The van der Waals surface area contributed by atoms with E-state index in [0.29, 0.717) is 25.1 Å². The number of nitrogens with zero attached hydrogens (tertiary/aromatic N) is 2. The zero-order valence-electron chi connectivity index (χ0n) is 22.7. The summed E-state index contributed by atoms with van der Waals surface area (Å²) < 4.78 is 54.1. The van der Waals surface area contributed by atoms with Crippen LogP contribution in [0, 0.1) is 23.0 Å². The van der Waals surface area contributed by atoms with E-state index in [4.69, 9.17) is 5.26 Å². The normalized spacial score (nSPS) is 12.2. The number of aryl methyl sites for hydroxylation is 1. The van der Waals surface area contributed by atoms with E-state index >= 15 is 0 Å². The van der Waals surface area contributed by atoms with Crippen molar-refractivity contribution in [3.63, 3.8) is 0 Å². The monoisotopic (exact) mass is 568 g/mol. The molecule has 0 radical (unpaired) electrons. The number of nitriles is 1. The van der Waals surface area contributed by atoms with Crippen LogP contribution in [0.25, 0.3) is 0 Å². The minimum atomic E-state index is -3.80. The first-order valence-electron chi connectivity index (χ1n) is 13.1. The predicted octanol–water partition coefficient (Wildman–Crippen LogP) is 4.58. The van der Waals surface area contributed by atoms with Crippen LogP contribution in [0.5, 0.6) is 0 Å². The number of halogens is 2. The Labute approximate surface area is 234 Å². The van der Waals surface area contributed by atoms with Crippen LogP contribution in [-0.2, 0) is 29.4 Å². The SMILES string of the molecule is CCc1cccc(CNCC[C@H](Cc2cc(F)cc(F)c2)NC(=O)c2ccc(S(=O)(=O)N(C)CCC#N)cc2)c1. The number of carbonyl (C=O) groups excluding carboxylic acids is 1. The zero-order chi connectivity index (χ0) is 29.1. The van der Waals surface area contributed by atoms with E-state index < -0.39 is 33.6 Å². The van der Waals surface area contributed by atoms with E-state index in [1.54, 1.807) is 0 Å². The topological polar surface area (TPSA) is 102 Å². The molecule has 0 spiro atoms. The third-order valence-corrected chi connectivity index (χ3v) is 8.37. The molecule has 0 heterocycles. The van der Waals surface area contributed by atoms with E-state index in [2.05, 4.69) is 29.7 Å². The predicted molar refractivity (Wildman–Crippen MR) is 150 cm³/mol. The molecule has 2 N–H and O–H groups in total. The molecule has 10 heteroatoms. The molecule has 1 amide bonds. The van der Waals surface area contributed by atoms with E-state index in [1.807, 2.05) is 18.2 Å². The highest BCUT2D eigenvalue weighted by Crippen LogP contribution is 2.17. The second kappa shape index (κ2) is 14.7. The van der Waals surface area contributed by atoms with Crippen LogP contribution in [0.1, 0.15) is 46.8 Å². The van der Waals surface area contributed by atoms with Crippen LogP contribution in [0.15, 0.2) is 71.6 Å². The molecule has 7 nitrogen and oxygen atoms in total. The van der Waals surface area contributed by atoms with Crippen molar-refractivity contribution in [2.45, 2.75) is 50.1 Å². The van der Waals surface area contributed by atoms with Gasteiger partial charge in [0.25, 0.3) is 5.91 Å². The highest BCUT2D eigenvalue weighted by molar-refractivity contribution is 7.89. The lowest BCUT2D eigenvalue weighted by atomic mass is 10.0. The van der Waals surface area contributed by atoms with Gasteiger partial charge in [0, 0.05) is 44.2 Å². The van der Waals surface area contributed by atoms with Crippen molar-refractivity contribution in [1.82, 2.24) is 14.9 Å². The van der Waals surface area contributed by atoms with Gasteiger partial charge in [-0.25, -0.2) is 17.2 Å². The van der Waals surface area contributed by atoms with Crippen molar-refractivity contribution >= 4 is 15.9 Å². The van der Waals surface area contributed by atoms with Gasteiger partial charge < -0.3 is 10.6 Å². The summed E-state index contributed by atoms with van der Waals surface area (Å²) in [5.74, 6) is -1.81. The molecule has 40 heavy (non-hydrogen) atoms. The van der Waals surface area contributed by atoms with Crippen molar-refractivity contribution in [2.24, 2.45) is 0 Å². The maximum atomic E-state index is 13.8. The van der Waals surface area contributed by atoms with Gasteiger partial charge in [-0.1, -0.05) is 31.2 Å². The van der Waals surface area contributed by atoms with Crippen LogP contribution >= 0.6 is 0 Å². The molecule has 0 saturated carbocycles. The number of amides is 1. The number of nitrogens with one attached hydrogen (secondary N) is 2. The van der Waals surface area contributed by atoms with Gasteiger partial charge in [0.15, 0.2) is 0 Å². The van der Waals surface area contributed by atoms with Gasteiger partial charge >= 0.3 is 0 Å². The second-order valence-corrected chi connectivity index (χ2v) is 11.6. The summed E-state index contributed by atoms with van der Waals surface area (Å²) in [6.07, 6.45) is 1.71. The van der Waals surface area contributed by atoms with Crippen LogP contribution in [0.4, 0.5) is 8.78 Å². The number of rotatable bonds is 14. The Kier molecular flexibility index (Phi) is 11.3. The zero-order valence-corrected chi connectivity index (χ0v) is 23.5. The molecule has 0 aliphatic heterocycles. The Balaban J connectivity index is 1.68. The van der Waals surface area contributed by atoms with Crippen LogP contribution in [0.2, 0.25) is 0 Å². The minimum absolute atomic E-state index is 0.00705. The van der Waals surface area contributed by atoms with Gasteiger partial charge in [0.2, 0.25) is 10.0 Å². The summed E-state index contributed by atoms with van der Waals surface area (Å²) in [4.78, 5) is 13.1. The van der Waals surface area contributed by atoms with E-state index in [0.717, 1.165) is 22.4 Å². The highest BCUT2D eigenvalue weighted by Gasteiger charge is 2.21. The maximum absolute atomic E-state index is 13.8. The Morgan fingerprint density at radius 1 is 1.00 bits per heavy atom. The first-order chi connectivity index (χ1) is 19.1. The molecular formula is C30H34F2N4O3S. The van der Waals surface area contributed by atoms with Crippen molar-refractivity contribution in [1.29, 1.82) is 5.26 Å². The fraction of sp³-hybridized carbons (Fsp3) is 0.333. The molecule has 0 aromatic heterocycles. The smallest absolute Gasteiger partial charge is 0.251 e. The molecule has 1 atom stereocenters. The van der Waals surface area contributed by atoms with Gasteiger partial charge in [-0.3, -0.25) is 4.79 Å². The molecule has 0 saturated heterocycles. The van der Waals surface area contributed by atoms with E-state index in [1.165, 1.54) is 49.0 Å². The standard InChI is InChI=1S/C30H34F2N4O3S/c1-3-22-6-4-7-23(16-22)21-34-14-12-28(19-24-17-26(31)20-27(32)18-24)35-30(37)25-8-10-29(11-9-25)40(38,39)36(2)15-5-13-33/h4,6-11,16-18,20,28,34H,3,5,12,14-15,19,21H2,1-2H3,(H,35,37)/t28-/m1/s1. The van der Waals surface area contributed by atoms with Crippen LogP contribution in [-0.4, -0.2) is 44.8 Å². The van der Waals surface area contributed by atoms with Crippen molar-refractivity contribution in [2.75, 3.05) is 20.1 Å². The van der Waals surface area contributed by atoms with Gasteiger partial charge in [0.1, 0.15) is 11.6 Å². The summed E-state index contributed by atoms with van der Waals surface area (Å²) in [6, 6.07) is 18.5. The van der Waals surface area contributed by atoms with Crippen molar-refractivity contribution < 1.29 is 22.0 Å².